The largest absolute Gasteiger partial charge is 0.400 e. The fourth-order valence-corrected chi connectivity index (χ4v) is 4.85. The van der Waals surface area contributed by atoms with E-state index in [0.29, 0.717) is 29.6 Å². The van der Waals surface area contributed by atoms with E-state index >= 15 is 0 Å². The van der Waals surface area contributed by atoms with Gasteiger partial charge in [0.25, 0.3) is 0 Å². The van der Waals surface area contributed by atoms with Crippen molar-refractivity contribution in [1.82, 2.24) is 0 Å². The highest BCUT2D eigenvalue weighted by molar-refractivity contribution is 7.90. The van der Waals surface area contributed by atoms with Crippen molar-refractivity contribution in [2.75, 3.05) is 0 Å². The molecule has 4 rings (SSSR count). The zero-order chi connectivity index (χ0) is 16.9. The van der Waals surface area contributed by atoms with Gasteiger partial charge in [0.15, 0.2) is 0 Å². The van der Waals surface area contributed by atoms with E-state index in [2.05, 4.69) is 52.6 Å². The smallest absolute Gasteiger partial charge is 0.0712 e. The fraction of sp³-hybridized carbons (Fsp3) is 0.526. The topological polar surface area (TPSA) is 38.4 Å². The first kappa shape index (κ1) is 17.0. The number of nitrogens with two attached hydrogens (primary N) is 1. The molecule has 0 aromatic heterocycles. The highest BCUT2D eigenvalue weighted by atomic mass is 32.1. The van der Waals surface area contributed by atoms with Gasteiger partial charge < -0.3 is 5.73 Å². The first-order valence-corrected chi connectivity index (χ1v) is 9.28. The summed E-state index contributed by atoms with van der Waals surface area (Å²) in [6, 6.07) is 0. The molecule has 1 fully saturated rings. The molecule has 2 nitrogen and oxygen atoms in total. The van der Waals surface area contributed by atoms with Crippen LogP contribution in [0.3, 0.4) is 0 Å². The Morgan fingerprint density at radius 3 is 2.39 bits per heavy atom. The second kappa shape index (κ2) is 6.21. The summed E-state index contributed by atoms with van der Waals surface area (Å²) in [6.07, 6.45) is 6.23. The van der Waals surface area contributed by atoms with Gasteiger partial charge in [-0.05, 0) is 48.3 Å². The molecule has 23 heavy (non-hydrogen) atoms. The highest BCUT2D eigenvalue weighted by Gasteiger charge is 2.42. The Morgan fingerprint density at radius 1 is 1.09 bits per heavy atom. The van der Waals surface area contributed by atoms with Crippen LogP contribution in [0.15, 0.2) is 50.5 Å². The first-order valence-electron chi connectivity index (χ1n) is 8.38. The number of aliphatic imine (C=N–C) groups is 1. The van der Waals surface area contributed by atoms with E-state index in [1.54, 1.807) is 0 Å². The van der Waals surface area contributed by atoms with Crippen LogP contribution in [0.25, 0.3) is 0 Å². The van der Waals surface area contributed by atoms with Gasteiger partial charge in [-0.2, -0.15) is 0 Å². The Bertz CT molecular complexity index is 669. The number of hydrogen-bond donors (Lipinski definition) is 3. The van der Waals surface area contributed by atoms with E-state index in [0.717, 1.165) is 32.5 Å². The van der Waals surface area contributed by atoms with Crippen molar-refractivity contribution in [2.45, 2.75) is 33.6 Å². The predicted octanol–water partition coefficient (Wildman–Crippen LogP) is 4.74. The monoisotopic (exact) mass is 346 g/mol. The molecular formula is C19H26N2S2. The molecular weight excluding hydrogens is 320 g/mol. The minimum atomic E-state index is 0.440. The van der Waals surface area contributed by atoms with Crippen LogP contribution in [0.4, 0.5) is 0 Å². The summed E-state index contributed by atoms with van der Waals surface area (Å²) >= 11 is 8.86. The number of allylic oxidation sites excluding steroid dienone is 5. The number of rotatable bonds is 1. The van der Waals surface area contributed by atoms with Gasteiger partial charge in [0.05, 0.1) is 11.4 Å². The Kier molecular flexibility index (Phi) is 4.58. The molecule has 4 aliphatic rings. The van der Waals surface area contributed by atoms with Crippen molar-refractivity contribution in [3.63, 3.8) is 0 Å². The summed E-state index contributed by atoms with van der Waals surface area (Å²) in [4.78, 5) is 6.61. The van der Waals surface area contributed by atoms with Crippen molar-refractivity contribution in [3.8, 4) is 0 Å². The summed E-state index contributed by atoms with van der Waals surface area (Å²) in [5, 5.41) is 0. The maximum atomic E-state index is 6.60. The molecule has 0 radical (unpaired) electrons. The van der Waals surface area contributed by atoms with Crippen molar-refractivity contribution in [1.29, 1.82) is 0 Å². The van der Waals surface area contributed by atoms with Crippen LogP contribution in [0, 0.1) is 29.6 Å². The maximum Gasteiger partial charge on any atom is 0.0712 e. The molecule has 1 saturated carbocycles. The van der Waals surface area contributed by atoms with Crippen LogP contribution in [0.1, 0.15) is 33.6 Å². The first-order chi connectivity index (χ1) is 10.8. The van der Waals surface area contributed by atoms with Gasteiger partial charge in [-0.15, -0.1) is 25.3 Å². The third-order valence-corrected chi connectivity index (χ3v) is 6.76. The van der Waals surface area contributed by atoms with Gasteiger partial charge in [0.1, 0.15) is 0 Å². The van der Waals surface area contributed by atoms with Gasteiger partial charge >= 0.3 is 0 Å². The lowest BCUT2D eigenvalue weighted by molar-refractivity contribution is 0.245. The number of thiol groups is 2. The van der Waals surface area contributed by atoms with Crippen LogP contribution in [-0.4, -0.2) is 5.71 Å². The number of hydrogen-bond acceptors (Lipinski definition) is 4. The molecule has 0 saturated heterocycles. The molecule has 0 spiro atoms. The fourth-order valence-electron chi connectivity index (χ4n) is 4.45. The quantitative estimate of drug-likeness (QED) is 0.589. The summed E-state index contributed by atoms with van der Waals surface area (Å²) < 4.78 is 0. The lowest BCUT2D eigenvalue weighted by Crippen LogP contribution is -2.31. The molecule has 0 aliphatic heterocycles. The van der Waals surface area contributed by atoms with Crippen molar-refractivity contribution < 1.29 is 0 Å². The average molecular weight is 347 g/mol. The maximum absolute atomic E-state index is 6.60. The van der Waals surface area contributed by atoms with E-state index in [1.165, 1.54) is 12.8 Å². The second-order valence-electron chi connectivity index (χ2n) is 7.43. The second-order valence-corrected chi connectivity index (χ2v) is 8.39. The summed E-state index contributed by atoms with van der Waals surface area (Å²) in [6.45, 7) is 11.1. The Labute approximate surface area is 150 Å². The molecule has 0 aromatic rings. The molecule has 124 valence electrons. The van der Waals surface area contributed by atoms with Crippen molar-refractivity contribution in [3.05, 3.63) is 45.5 Å². The average Bonchev–Trinajstić information content (AvgIpc) is 2.62. The van der Waals surface area contributed by atoms with Crippen molar-refractivity contribution >= 4 is 31.0 Å². The molecule has 4 unspecified atom stereocenters. The van der Waals surface area contributed by atoms with Gasteiger partial charge in [-0.3, -0.25) is 4.99 Å². The predicted molar refractivity (Wildman–Crippen MR) is 106 cm³/mol. The zero-order valence-corrected chi connectivity index (χ0v) is 15.9. The third kappa shape index (κ3) is 2.96. The molecule has 0 amide bonds. The number of fused-ring (bicyclic) bond motifs is 3. The van der Waals surface area contributed by atoms with Crippen LogP contribution < -0.4 is 5.73 Å². The minimum absolute atomic E-state index is 0.440. The molecule has 0 aromatic carbocycles. The van der Waals surface area contributed by atoms with E-state index < -0.39 is 0 Å². The van der Waals surface area contributed by atoms with Crippen LogP contribution in [0.5, 0.6) is 0 Å². The number of nitrogens with zero attached hydrogens (tertiary/aromatic N) is 1. The lowest BCUT2D eigenvalue weighted by atomic mass is 9.74. The van der Waals surface area contributed by atoms with Gasteiger partial charge in [-0.25, -0.2) is 0 Å². The molecule has 2 N–H and O–H groups in total. The lowest BCUT2D eigenvalue weighted by Gasteiger charge is -2.34. The standard InChI is InChI=1S/C19H26N2S2/c1-9-5-13-6-11(3)17(12(9)4)18(20)19(13)21-14-8-16(23)15(22)7-10(14)2/h7-9,11-13,17,22-23H,2,5-6,20H2,1,3-4H3/b21-14-/t9?,11?,12-,13?,17?/m0/s1. The van der Waals surface area contributed by atoms with Crippen molar-refractivity contribution in [2.24, 2.45) is 40.3 Å². The summed E-state index contributed by atoms with van der Waals surface area (Å²) in [7, 11) is 0. The van der Waals surface area contributed by atoms with E-state index in [1.807, 2.05) is 12.2 Å². The third-order valence-electron chi connectivity index (χ3n) is 5.85. The zero-order valence-electron chi connectivity index (χ0n) is 14.1. The van der Waals surface area contributed by atoms with E-state index in [-0.39, 0.29) is 0 Å². The Balaban J connectivity index is 2.05. The Hall–Kier alpha value is -0.870. The molecule has 2 bridgehead atoms. The summed E-state index contributed by atoms with van der Waals surface area (Å²) in [5.41, 5.74) is 10.4. The molecule has 0 heterocycles. The van der Waals surface area contributed by atoms with E-state index in [4.69, 9.17) is 10.7 Å². The van der Waals surface area contributed by atoms with Gasteiger partial charge in [-0.1, -0.05) is 27.4 Å². The molecule has 4 aliphatic carbocycles. The van der Waals surface area contributed by atoms with Crippen LogP contribution >= 0.6 is 25.3 Å². The van der Waals surface area contributed by atoms with Gasteiger partial charge in [0.2, 0.25) is 0 Å². The minimum Gasteiger partial charge on any atom is -0.400 e. The normalized spacial score (nSPS) is 39.4. The van der Waals surface area contributed by atoms with Crippen LogP contribution in [-0.2, 0) is 0 Å². The molecule has 5 atom stereocenters. The van der Waals surface area contributed by atoms with Gasteiger partial charge in [0, 0.05) is 27.3 Å². The van der Waals surface area contributed by atoms with E-state index in [9.17, 15) is 0 Å². The molecule has 4 heteroatoms. The van der Waals surface area contributed by atoms with Crippen LogP contribution in [0.2, 0.25) is 0 Å². The summed E-state index contributed by atoms with van der Waals surface area (Å²) in [5.74, 6) is 2.83. The SMILES string of the molecule is C=C1C=C(S)C(S)=C/C1=N/C1=C(N)C2C(C)CC1CC(C)[C@@H]2C. The Morgan fingerprint density at radius 2 is 1.70 bits per heavy atom. The highest BCUT2D eigenvalue weighted by Crippen LogP contribution is 2.49.